The number of carbonyl (C=O) groups is 1. The fraction of sp³-hybridized carbons (Fsp3) is 0.483. The van der Waals surface area contributed by atoms with Crippen molar-refractivity contribution in [1.82, 2.24) is 0 Å². The zero-order valence-corrected chi connectivity index (χ0v) is 22.0. The second-order valence-electron chi connectivity index (χ2n) is 9.42. The summed E-state index contributed by atoms with van der Waals surface area (Å²) in [4.78, 5) is 11.7. The zero-order valence-electron chi connectivity index (χ0n) is 22.0. The number of esters is 1. The highest BCUT2D eigenvalue weighted by atomic mass is 16.5. The second-order valence-corrected chi connectivity index (χ2v) is 9.42. The van der Waals surface area contributed by atoms with Gasteiger partial charge in [-0.15, -0.1) is 0 Å². The minimum absolute atomic E-state index is 0.000530. The molecule has 0 aromatic heterocycles. The van der Waals surface area contributed by atoms with Gasteiger partial charge in [-0.3, -0.25) is 4.79 Å². The van der Waals surface area contributed by atoms with Gasteiger partial charge in [0, 0.05) is 5.56 Å². The van der Waals surface area contributed by atoms with Crippen molar-refractivity contribution in [2.45, 2.75) is 84.5 Å². The first-order valence-corrected chi connectivity index (χ1v) is 12.0. The fourth-order valence-corrected chi connectivity index (χ4v) is 3.53. The largest absolute Gasteiger partial charge is 0.508 e. The van der Waals surface area contributed by atoms with Crippen LogP contribution in [0.5, 0.6) is 11.5 Å². The molecule has 1 unspecified atom stereocenters. The summed E-state index contributed by atoms with van der Waals surface area (Å²) in [5.41, 5.74) is 2.82. The lowest BCUT2D eigenvalue weighted by molar-refractivity contribution is -0.139. The smallest absolute Gasteiger partial charge is 0.310 e. The topological polar surface area (TPSA) is 96.2 Å². The third kappa shape index (κ3) is 11.0. The Labute approximate surface area is 210 Å². The van der Waals surface area contributed by atoms with Crippen molar-refractivity contribution < 1.29 is 29.6 Å². The minimum Gasteiger partial charge on any atom is -0.508 e. The Morgan fingerprint density at radius 3 is 2.43 bits per heavy atom. The standard InChI is InChI=1S/C29H42O6/c1-8-29(6,35-26-15-14-24(30)18-23(26)19-27(32)34-7)16-10-12-21(4)11-9-13-22(5)28(33)25(31)17-20(2)3/h8,12-15,17-18,25,28,30-31,33H,1,9-11,16,19H2,2-7H3/b21-12+,22-13+/t25-,28+,29?/m0/s1. The van der Waals surface area contributed by atoms with Gasteiger partial charge in [0.2, 0.25) is 0 Å². The van der Waals surface area contributed by atoms with Gasteiger partial charge in [-0.1, -0.05) is 36.0 Å². The maximum atomic E-state index is 11.7. The molecule has 3 N–H and O–H groups in total. The van der Waals surface area contributed by atoms with E-state index in [1.165, 1.54) is 24.8 Å². The van der Waals surface area contributed by atoms with E-state index in [9.17, 15) is 20.1 Å². The molecule has 0 aliphatic rings. The molecule has 0 saturated carbocycles. The van der Waals surface area contributed by atoms with Gasteiger partial charge in [0.1, 0.15) is 29.3 Å². The highest BCUT2D eigenvalue weighted by Gasteiger charge is 2.24. The number of rotatable bonds is 14. The number of phenolic OH excluding ortho intramolecular Hbond substituents is 1. The summed E-state index contributed by atoms with van der Waals surface area (Å²) < 4.78 is 11.0. The summed E-state index contributed by atoms with van der Waals surface area (Å²) in [7, 11) is 1.32. The number of benzene rings is 1. The molecular formula is C29H42O6. The lowest BCUT2D eigenvalue weighted by Gasteiger charge is -2.28. The summed E-state index contributed by atoms with van der Waals surface area (Å²) in [6, 6.07) is 4.67. The molecule has 0 amide bonds. The van der Waals surface area contributed by atoms with Gasteiger partial charge in [0.05, 0.1) is 13.5 Å². The van der Waals surface area contributed by atoms with Crippen molar-refractivity contribution in [1.29, 1.82) is 0 Å². The Hall–Kier alpha value is -2.83. The molecule has 6 nitrogen and oxygen atoms in total. The van der Waals surface area contributed by atoms with Crippen LogP contribution in [-0.4, -0.2) is 46.2 Å². The molecule has 0 fully saturated rings. The predicted molar refractivity (Wildman–Crippen MR) is 140 cm³/mol. The van der Waals surface area contributed by atoms with Gasteiger partial charge in [-0.25, -0.2) is 0 Å². The average molecular weight is 487 g/mol. The number of carbonyl (C=O) groups excluding carboxylic acids is 1. The Balaban J connectivity index is 2.72. The van der Waals surface area contributed by atoms with E-state index in [0.29, 0.717) is 17.7 Å². The number of methoxy groups -OCH3 is 1. The molecule has 194 valence electrons. The highest BCUT2D eigenvalue weighted by molar-refractivity contribution is 5.73. The Morgan fingerprint density at radius 1 is 1.14 bits per heavy atom. The summed E-state index contributed by atoms with van der Waals surface area (Å²) in [6.45, 7) is 13.5. The number of hydrogen-bond acceptors (Lipinski definition) is 6. The van der Waals surface area contributed by atoms with Gasteiger partial charge in [-0.05, 0) is 90.2 Å². The van der Waals surface area contributed by atoms with Crippen molar-refractivity contribution in [3.63, 3.8) is 0 Å². The van der Waals surface area contributed by atoms with Crippen LogP contribution < -0.4 is 4.74 Å². The maximum absolute atomic E-state index is 11.7. The highest BCUT2D eigenvalue weighted by Crippen LogP contribution is 2.30. The number of allylic oxidation sites excluding steroid dienone is 4. The van der Waals surface area contributed by atoms with E-state index in [-0.39, 0.29) is 12.2 Å². The van der Waals surface area contributed by atoms with Crippen LogP contribution in [-0.2, 0) is 16.0 Å². The number of phenols is 1. The molecule has 0 radical (unpaired) electrons. The SMILES string of the molecule is C=CC(C)(CC/C=C(\C)CC/C=C(\C)[C@@H](O)[C@@H](O)C=C(C)C)Oc1ccc(O)cc1CC(=O)OC. The van der Waals surface area contributed by atoms with Crippen molar-refractivity contribution in [3.8, 4) is 11.5 Å². The molecule has 1 aromatic carbocycles. The number of aliphatic hydroxyl groups excluding tert-OH is 2. The van der Waals surface area contributed by atoms with Crippen LogP contribution in [0.3, 0.4) is 0 Å². The number of hydrogen-bond donors (Lipinski definition) is 3. The zero-order chi connectivity index (χ0) is 26.6. The molecule has 0 saturated heterocycles. The van der Waals surface area contributed by atoms with Gasteiger partial charge in [0.25, 0.3) is 0 Å². The van der Waals surface area contributed by atoms with Crippen molar-refractivity contribution in [3.05, 3.63) is 71.4 Å². The lowest BCUT2D eigenvalue weighted by Crippen LogP contribution is -2.30. The van der Waals surface area contributed by atoms with E-state index >= 15 is 0 Å². The second kappa shape index (κ2) is 14.5. The third-order valence-electron chi connectivity index (χ3n) is 5.81. The monoisotopic (exact) mass is 486 g/mol. The maximum Gasteiger partial charge on any atom is 0.310 e. The number of aliphatic hydroxyl groups is 2. The molecular weight excluding hydrogens is 444 g/mol. The van der Waals surface area contributed by atoms with Crippen LogP contribution in [0, 0.1) is 0 Å². The van der Waals surface area contributed by atoms with Crippen molar-refractivity contribution in [2.75, 3.05) is 7.11 Å². The Kier molecular flexibility index (Phi) is 12.5. The molecule has 0 spiro atoms. The van der Waals surface area contributed by atoms with E-state index < -0.39 is 23.8 Å². The number of aromatic hydroxyl groups is 1. The molecule has 0 aliphatic carbocycles. The molecule has 0 bridgehead atoms. The summed E-state index contributed by atoms with van der Waals surface area (Å²) in [5, 5.41) is 30.1. The first-order valence-electron chi connectivity index (χ1n) is 12.0. The lowest BCUT2D eigenvalue weighted by atomic mass is 9.97. The van der Waals surface area contributed by atoms with E-state index in [4.69, 9.17) is 9.47 Å². The minimum atomic E-state index is -0.899. The summed E-state index contributed by atoms with van der Waals surface area (Å²) in [5.74, 6) is 0.145. The van der Waals surface area contributed by atoms with Gasteiger partial charge >= 0.3 is 5.97 Å². The quantitative estimate of drug-likeness (QED) is 0.235. The Morgan fingerprint density at radius 2 is 1.83 bits per heavy atom. The molecule has 1 rings (SSSR count). The van der Waals surface area contributed by atoms with Crippen molar-refractivity contribution >= 4 is 5.97 Å². The molecule has 0 heterocycles. The van der Waals surface area contributed by atoms with Crippen LogP contribution in [0.25, 0.3) is 0 Å². The van der Waals surface area contributed by atoms with E-state index in [0.717, 1.165) is 30.4 Å². The molecule has 3 atom stereocenters. The molecule has 1 aromatic rings. The summed E-state index contributed by atoms with van der Waals surface area (Å²) in [6.07, 6.45) is 8.79. The van der Waals surface area contributed by atoms with Crippen LogP contribution in [0.4, 0.5) is 0 Å². The van der Waals surface area contributed by atoms with E-state index in [2.05, 4.69) is 19.6 Å². The number of ether oxygens (including phenoxy) is 2. The Bertz CT molecular complexity index is 938. The van der Waals surface area contributed by atoms with Crippen LogP contribution in [0.2, 0.25) is 0 Å². The molecule has 6 heteroatoms. The third-order valence-corrected chi connectivity index (χ3v) is 5.81. The van der Waals surface area contributed by atoms with Gasteiger partial charge in [-0.2, -0.15) is 0 Å². The van der Waals surface area contributed by atoms with E-state index in [1.807, 2.05) is 33.8 Å². The van der Waals surface area contributed by atoms with Crippen LogP contribution in [0.15, 0.2) is 65.8 Å². The predicted octanol–water partition coefficient (Wildman–Crippen LogP) is 5.57. The normalized spacial score (nSPS) is 15.5. The average Bonchev–Trinajstić information content (AvgIpc) is 2.79. The first kappa shape index (κ1) is 30.2. The van der Waals surface area contributed by atoms with Gasteiger partial charge < -0.3 is 24.8 Å². The van der Waals surface area contributed by atoms with Gasteiger partial charge in [0.15, 0.2) is 0 Å². The fourth-order valence-electron chi connectivity index (χ4n) is 3.53. The van der Waals surface area contributed by atoms with Crippen LogP contribution >= 0.6 is 0 Å². The molecule has 35 heavy (non-hydrogen) atoms. The molecule has 0 aliphatic heterocycles. The van der Waals surface area contributed by atoms with E-state index in [1.54, 1.807) is 18.2 Å². The first-order chi connectivity index (χ1) is 16.4. The van der Waals surface area contributed by atoms with Crippen LogP contribution in [0.1, 0.15) is 65.9 Å². The summed E-state index contributed by atoms with van der Waals surface area (Å²) >= 11 is 0. The van der Waals surface area contributed by atoms with Crippen molar-refractivity contribution in [2.24, 2.45) is 0 Å².